The van der Waals surface area contributed by atoms with Crippen LogP contribution < -0.4 is 5.32 Å². The predicted octanol–water partition coefficient (Wildman–Crippen LogP) is 2.72. The first-order valence-electron chi connectivity index (χ1n) is 6.75. The van der Waals surface area contributed by atoms with Crippen LogP contribution in [-0.2, 0) is 11.3 Å². The summed E-state index contributed by atoms with van der Waals surface area (Å²) >= 11 is 0. The lowest BCUT2D eigenvalue weighted by Gasteiger charge is -2.23. The Morgan fingerprint density at radius 1 is 1.41 bits per heavy atom. The molecule has 0 aliphatic carbocycles. The number of nitrogens with zero attached hydrogens (tertiary/aromatic N) is 2. The molecular formula is C15H17F2N3O2. The van der Waals surface area contributed by atoms with Gasteiger partial charge >= 0.3 is 0 Å². The van der Waals surface area contributed by atoms with Crippen molar-refractivity contribution in [2.24, 2.45) is 0 Å². The second-order valence-electron chi connectivity index (χ2n) is 5.14. The summed E-state index contributed by atoms with van der Waals surface area (Å²) in [6, 6.07) is 4.46. The normalized spacial score (nSPS) is 12.5. The Balaban J connectivity index is 1.98. The minimum absolute atomic E-state index is 0.179. The van der Waals surface area contributed by atoms with Gasteiger partial charge in [0.1, 0.15) is 17.4 Å². The zero-order chi connectivity index (χ0) is 16.3. The van der Waals surface area contributed by atoms with Crippen LogP contribution in [0.4, 0.5) is 14.6 Å². The number of rotatable bonds is 5. The van der Waals surface area contributed by atoms with E-state index < -0.39 is 17.7 Å². The molecule has 0 unspecified atom stereocenters. The van der Waals surface area contributed by atoms with Crippen LogP contribution in [0.5, 0.6) is 0 Å². The molecule has 2 rings (SSSR count). The molecule has 22 heavy (non-hydrogen) atoms. The quantitative estimate of drug-likeness (QED) is 0.922. The van der Waals surface area contributed by atoms with Gasteiger partial charge in [0.25, 0.3) is 0 Å². The highest BCUT2D eigenvalue weighted by atomic mass is 19.1. The number of hydrogen-bond donors (Lipinski definition) is 1. The molecule has 0 aliphatic heterocycles. The Labute approximate surface area is 126 Å². The van der Waals surface area contributed by atoms with Gasteiger partial charge in [-0.2, -0.15) is 0 Å². The van der Waals surface area contributed by atoms with Crippen LogP contribution in [0.2, 0.25) is 0 Å². The first-order valence-corrected chi connectivity index (χ1v) is 6.75. The third-order valence-corrected chi connectivity index (χ3v) is 3.35. The first-order chi connectivity index (χ1) is 10.4. The largest absolute Gasteiger partial charge is 0.360 e. The fourth-order valence-corrected chi connectivity index (χ4v) is 1.91. The molecule has 1 heterocycles. The van der Waals surface area contributed by atoms with E-state index in [4.69, 9.17) is 4.52 Å². The van der Waals surface area contributed by atoms with Gasteiger partial charge in [0.15, 0.2) is 5.82 Å². The molecule has 0 saturated carbocycles. The van der Waals surface area contributed by atoms with Gasteiger partial charge in [-0.15, -0.1) is 0 Å². The maximum absolute atomic E-state index is 13.6. The van der Waals surface area contributed by atoms with Crippen LogP contribution in [0.3, 0.4) is 0 Å². The van der Waals surface area contributed by atoms with E-state index in [1.54, 1.807) is 31.9 Å². The number of aryl methyl sites for hydroxylation is 1. The van der Waals surface area contributed by atoms with Gasteiger partial charge in [-0.3, -0.25) is 9.69 Å². The van der Waals surface area contributed by atoms with Gasteiger partial charge in [0, 0.05) is 24.2 Å². The monoisotopic (exact) mass is 309 g/mol. The van der Waals surface area contributed by atoms with E-state index in [0.717, 1.165) is 6.07 Å². The molecule has 1 atom stereocenters. The van der Waals surface area contributed by atoms with E-state index in [-0.39, 0.29) is 12.5 Å². The maximum Gasteiger partial charge on any atom is 0.242 e. The molecule has 0 spiro atoms. The Morgan fingerprint density at radius 3 is 2.73 bits per heavy atom. The highest BCUT2D eigenvalue weighted by Gasteiger charge is 2.20. The van der Waals surface area contributed by atoms with Crippen LogP contribution in [0.15, 0.2) is 28.8 Å². The molecule has 7 heteroatoms. The number of halogens is 2. The van der Waals surface area contributed by atoms with Crippen LogP contribution in [0, 0.1) is 18.6 Å². The standard InChI is InChI=1S/C15H17F2N3O2/c1-9-6-14(19-22-9)18-15(21)10(2)20(3)8-11-4-5-12(16)7-13(11)17/h4-7,10H,8H2,1-3H3,(H,18,19,21)/t10-/m0/s1. The minimum Gasteiger partial charge on any atom is -0.360 e. The second kappa shape index (κ2) is 6.65. The average molecular weight is 309 g/mol. The molecule has 0 bridgehead atoms. The van der Waals surface area contributed by atoms with Crippen molar-refractivity contribution >= 4 is 11.7 Å². The van der Waals surface area contributed by atoms with Crippen molar-refractivity contribution in [3.05, 3.63) is 47.2 Å². The Bertz CT molecular complexity index is 673. The first kappa shape index (κ1) is 16.1. The van der Waals surface area contributed by atoms with Crippen molar-refractivity contribution in [2.45, 2.75) is 26.4 Å². The molecule has 0 fully saturated rings. The summed E-state index contributed by atoms with van der Waals surface area (Å²) in [7, 11) is 1.68. The molecule has 1 aromatic carbocycles. The smallest absolute Gasteiger partial charge is 0.242 e. The van der Waals surface area contributed by atoms with Crippen LogP contribution in [-0.4, -0.2) is 29.1 Å². The molecule has 0 saturated heterocycles. The zero-order valence-corrected chi connectivity index (χ0v) is 12.6. The van der Waals surface area contributed by atoms with Crippen molar-refractivity contribution in [1.29, 1.82) is 0 Å². The number of carbonyl (C=O) groups excluding carboxylic acids is 1. The van der Waals surface area contributed by atoms with E-state index in [2.05, 4.69) is 10.5 Å². The van der Waals surface area contributed by atoms with Gasteiger partial charge in [-0.25, -0.2) is 8.78 Å². The van der Waals surface area contributed by atoms with E-state index >= 15 is 0 Å². The molecule has 0 aliphatic rings. The predicted molar refractivity (Wildman–Crippen MR) is 77.2 cm³/mol. The van der Waals surface area contributed by atoms with Crippen molar-refractivity contribution < 1.29 is 18.1 Å². The summed E-state index contributed by atoms with van der Waals surface area (Å²) in [5.41, 5.74) is 0.320. The topological polar surface area (TPSA) is 58.4 Å². The number of aromatic nitrogens is 1. The molecule has 1 N–H and O–H groups in total. The van der Waals surface area contributed by atoms with E-state index in [1.807, 2.05) is 0 Å². The van der Waals surface area contributed by atoms with Crippen molar-refractivity contribution in [1.82, 2.24) is 10.1 Å². The summed E-state index contributed by atoms with van der Waals surface area (Å²) in [5.74, 6) is -0.638. The molecule has 2 aromatic rings. The fraction of sp³-hybridized carbons (Fsp3) is 0.333. The lowest BCUT2D eigenvalue weighted by atomic mass is 10.1. The lowest BCUT2D eigenvalue weighted by Crippen LogP contribution is -2.39. The number of nitrogens with one attached hydrogen (secondary N) is 1. The maximum atomic E-state index is 13.6. The number of benzene rings is 1. The number of amides is 1. The van der Waals surface area contributed by atoms with Gasteiger partial charge in [-0.1, -0.05) is 11.2 Å². The highest BCUT2D eigenvalue weighted by molar-refractivity contribution is 5.93. The van der Waals surface area contributed by atoms with E-state index in [0.29, 0.717) is 17.1 Å². The number of hydrogen-bond acceptors (Lipinski definition) is 4. The van der Waals surface area contributed by atoms with Crippen LogP contribution in [0.25, 0.3) is 0 Å². The highest BCUT2D eigenvalue weighted by Crippen LogP contribution is 2.14. The molecule has 1 aromatic heterocycles. The molecule has 118 valence electrons. The number of anilines is 1. The van der Waals surface area contributed by atoms with E-state index in [9.17, 15) is 13.6 Å². The average Bonchev–Trinajstić information content (AvgIpc) is 2.86. The van der Waals surface area contributed by atoms with Crippen molar-refractivity contribution in [2.75, 3.05) is 12.4 Å². The Morgan fingerprint density at radius 2 is 2.14 bits per heavy atom. The Kier molecular flexibility index (Phi) is 4.87. The minimum atomic E-state index is -0.633. The van der Waals surface area contributed by atoms with E-state index in [1.165, 1.54) is 12.1 Å². The van der Waals surface area contributed by atoms with Gasteiger partial charge in [0.05, 0.1) is 6.04 Å². The lowest BCUT2D eigenvalue weighted by molar-refractivity contribution is -0.120. The van der Waals surface area contributed by atoms with Crippen molar-refractivity contribution in [3.8, 4) is 0 Å². The third-order valence-electron chi connectivity index (χ3n) is 3.35. The second-order valence-corrected chi connectivity index (χ2v) is 5.14. The van der Waals surface area contributed by atoms with Crippen LogP contribution in [0.1, 0.15) is 18.2 Å². The summed E-state index contributed by atoms with van der Waals surface area (Å²) < 4.78 is 31.4. The fourth-order valence-electron chi connectivity index (χ4n) is 1.91. The van der Waals surface area contributed by atoms with Gasteiger partial charge in [0.2, 0.25) is 5.91 Å². The molecular weight excluding hydrogens is 292 g/mol. The van der Waals surface area contributed by atoms with Crippen LogP contribution >= 0.6 is 0 Å². The molecule has 0 radical (unpaired) electrons. The molecule has 5 nitrogen and oxygen atoms in total. The summed E-state index contributed by atoms with van der Waals surface area (Å²) in [6.45, 7) is 3.58. The zero-order valence-electron chi connectivity index (χ0n) is 12.6. The number of likely N-dealkylation sites (N-methyl/N-ethyl adjacent to an activating group) is 1. The Hall–Kier alpha value is -2.28. The van der Waals surface area contributed by atoms with Gasteiger partial charge in [-0.05, 0) is 27.0 Å². The third kappa shape index (κ3) is 3.88. The summed E-state index contributed by atoms with van der Waals surface area (Å²) in [6.07, 6.45) is 0. The van der Waals surface area contributed by atoms with Gasteiger partial charge < -0.3 is 9.84 Å². The van der Waals surface area contributed by atoms with Crippen molar-refractivity contribution in [3.63, 3.8) is 0 Å². The number of carbonyl (C=O) groups is 1. The SMILES string of the molecule is Cc1cc(NC(=O)[C@H](C)N(C)Cc2ccc(F)cc2F)no1. The molecule has 1 amide bonds. The summed E-state index contributed by atoms with van der Waals surface area (Å²) in [5, 5.41) is 6.29. The summed E-state index contributed by atoms with van der Waals surface area (Å²) in [4.78, 5) is 13.8.